The van der Waals surface area contributed by atoms with Crippen molar-refractivity contribution in [2.45, 2.75) is 40.5 Å². The first-order valence-corrected chi connectivity index (χ1v) is 11.1. The third-order valence-electron chi connectivity index (χ3n) is 4.62. The van der Waals surface area contributed by atoms with Gasteiger partial charge in [0, 0.05) is 41.2 Å². The van der Waals surface area contributed by atoms with E-state index >= 15 is 0 Å². The van der Waals surface area contributed by atoms with Crippen molar-refractivity contribution < 1.29 is 14.4 Å². The van der Waals surface area contributed by atoms with Crippen LogP contribution in [0.25, 0.3) is 11.3 Å². The number of anilines is 3. The molecule has 0 unspecified atom stereocenters. The molecule has 3 N–H and O–H groups in total. The monoisotopic (exact) mass is 450 g/mol. The van der Waals surface area contributed by atoms with Gasteiger partial charge in [-0.3, -0.25) is 19.7 Å². The SMILES string of the molecule is CCCc1ccc(-c2nc(NC(=O)c3cc(NC(C)=O)cc(NC(C)=O)c3)sc2C)cc1. The Kier molecular flexibility index (Phi) is 7.37. The number of carbonyl (C=O) groups excluding carboxylic acids is 3. The lowest BCUT2D eigenvalue weighted by Gasteiger charge is -2.10. The summed E-state index contributed by atoms with van der Waals surface area (Å²) in [7, 11) is 0. The molecule has 0 saturated carbocycles. The van der Waals surface area contributed by atoms with E-state index in [-0.39, 0.29) is 17.7 Å². The zero-order valence-electron chi connectivity index (χ0n) is 18.5. The maximum absolute atomic E-state index is 12.9. The van der Waals surface area contributed by atoms with Gasteiger partial charge in [0.25, 0.3) is 5.91 Å². The Hall–Kier alpha value is -3.52. The smallest absolute Gasteiger partial charge is 0.257 e. The number of nitrogens with zero attached hydrogens (tertiary/aromatic N) is 1. The van der Waals surface area contributed by atoms with Crippen LogP contribution in [0.3, 0.4) is 0 Å². The van der Waals surface area contributed by atoms with Gasteiger partial charge in [-0.05, 0) is 37.1 Å². The Morgan fingerprint density at radius 3 is 2.03 bits per heavy atom. The Bertz CT molecular complexity index is 1120. The number of nitrogens with one attached hydrogen (secondary N) is 3. The van der Waals surface area contributed by atoms with Crippen molar-refractivity contribution in [1.29, 1.82) is 0 Å². The standard InChI is InChI=1S/C24H26N4O3S/c1-5-6-17-7-9-18(10-8-17)22-14(2)32-24(27-22)28-23(31)19-11-20(25-15(3)29)13-21(12-19)26-16(4)30/h7-13H,5-6H2,1-4H3,(H,25,29)(H,26,30)(H,27,28,31). The lowest BCUT2D eigenvalue weighted by atomic mass is 10.1. The lowest BCUT2D eigenvalue weighted by Crippen LogP contribution is -2.15. The molecule has 32 heavy (non-hydrogen) atoms. The van der Waals surface area contributed by atoms with Crippen LogP contribution in [-0.2, 0) is 16.0 Å². The van der Waals surface area contributed by atoms with E-state index in [0.717, 1.165) is 29.0 Å². The number of carbonyl (C=O) groups is 3. The summed E-state index contributed by atoms with van der Waals surface area (Å²) in [5, 5.41) is 8.59. The molecule has 166 valence electrons. The second-order valence-electron chi connectivity index (χ2n) is 7.49. The fraction of sp³-hybridized carbons (Fsp3) is 0.250. The van der Waals surface area contributed by atoms with Gasteiger partial charge in [-0.2, -0.15) is 0 Å². The highest BCUT2D eigenvalue weighted by molar-refractivity contribution is 7.16. The topological polar surface area (TPSA) is 100 Å². The van der Waals surface area contributed by atoms with Crippen molar-refractivity contribution in [3.8, 4) is 11.3 Å². The Labute approximate surface area is 191 Å². The molecule has 2 aromatic carbocycles. The number of hydrogen-bond acceptors (Lipinski definition) is 5. The number of amides is 3. The number of rotatable bonds is 7. The molecular formula is C24H26N4O3S. The van der Waals surface area contributed by atoms with Crippen molar-refractivity contribution in [2.24, 2.45) is 0 Å². The van der Waals surface area contributed by atoms with Gasteiger partial charge in [-0.1, -0.05) is 37.6 Å². The second kappa shape index (κ2) is 10.2. The number of aryl methyl sites for hydroxylation is 2. The van der Waals surface area contributed by atoms with Crippen LogP contribution < -0.4 is 16.0 Å². The third kappa shape index (κ3) is 6.01. The van der Waals surface area contributed by atoms with Gasteiger partial charge in [0.15, 0.2) is 5.13 Å². The highest BCUT2D eigenvalue weighted by atomic mass is 32.1. The minimum atomic E-state index is -0.387. The molecule has 3 amide bonds. The average Bonchev–Trinajstić information content (AvgIpc) is 3.07. The summed E-state index contributed by atoms with van der Waals surface area (Å²) in [5.74, 6) is -0.939. The Balaban J connectivity index is 1.83. The van der Waals surface area contributed by atoms with Gasteiger partial charge in [0.2, 0.25) is 11.8 Å². The molecule has 0 aliphatic rings. The first-order valence-electron chi connectivity index (χ1n) is 10.3. The summed E-state index contributed by atoms with van der Waals surface area (Å²) < 4.78 is 0. The fourth-order valence-corrected chi connectivity index (χ4v) is 4.15. The van der Waals surface area contributed by atoms with Crippen LogP contribution in [0.5, 0.6) is 0 Å². The predicted molar refractivity (Wildman–Crippen MR) is 129 cm³/mol. The molecule has 0 radical (unpaired) electrons. The minimum Gasteiger partial charge on any atom is -0.326 e. The largest absolute Gasteiger partial charge is 0.326 e. The molecule has 7 nitrogen and oxygen atoms in total. The quantitative estimate of drug-likeness (QED) is 0.458. The average molecular weight is 451 g/mol. The summed E-state index contributed by atoms with van der Waals surface area (Å²) in [6.07, 6.45) is 2.13. The molecule has 0 atom stereocenters. The van der Waals surface area contributed by atoms with Crippen LogP contribution in [0.15, 0.2) is 42.5 Å². The summed E-state index contributed by atoms with van der Waals surface area (Å²) in [6, 6.07) is 13.0. The summed E-state index contributed by atoms with van der Waals surface area (Å²) in [6.45, 7) is 6.87. The van der Waals surface area contributed by atoms with Gasteiger partial charge >= 0.3 is 0 Å². The zero-order valence-corrected chi connectivity index (χ0v) is 19.4. The molecule has 1 aromatic heterocycles. The first-order chi connectivity index (χ1) is 15.2. The number of hydrogen-bond donors (Lipinski definition) is 3. The molecule has 0 fully saturated rings. The number of aromatic nitrogens is 1. The van der Waals surface area contributed by atoms with E-state index in [9.17, 15) is 14.4 Å². The van der Waals surface area contributed by atoms with Crippen molar-refractivity contribution in [2.75, 3.05) is 16.0 Å². The van der Waals surface area contributed by atoms with Crippen molar-refractivity contribution in [3.05, 3.63) is 58.5 Å². The molecule has 0 aliphatic carbocycles. The van der Waals surface area contributed by atoms with Crippen molar-refractivity contribution in [3.63, 3.8) is 0 Å². The third-order valence-corrected chi connectivity index (χ3v) is 5.51. The molecule has 0 spiro atoms. The van der Waals surface area contributed by atoms with Gasteiger partial charge in [0.1, 0.15) is 0 Å². The molecule has 8 heteroatoms. The van der Waals surface area contributed by atoms with E-state index < -0.39 is 0 Å². The predicted octanol–water partition coefficient (Wildman–Crippen LogP) is 5.24. The summed E-state index contributed by atoms with van der Waals surface area (Å²) >= 11 is 1.39. The van der Waals surface area contributed by atoms with Crippen LogP contribution >= 0.6 is 11.3 Å². The maximum atomic E-state index is 12.9. The molecular weight excluding hydrogens is 424 g/mol. The normalized spacial score (nSPS) is 10.5. The van der Waals surface area contributed by atoms with E-state index in [0.29, 0.717) is 22.1 Å². The molecule has 0 bridgehead atoms. The van der Waals surface area contributed by atoms with Gasteiger partial charge in [-0.15, -0.1) is 11.3 Å². The molecule has 1 heterocycles. The first kappa shape index (κ1) is 23.1. The van der Waals surface area contributed by atoms with E-state index in [4.69, 9.17) is 0 Å². The Morgan fingerprint density at radius 2 is 1.50 bits per heavy atom. The van der Waals surface area contributed by atoms with Crippen LogP contribution in [0.2, 0.25) is 0 Å². The van der Waals surface area contributed by atoms with Crippen LogP contribution in [0.1, 0.15) is 48.0 Å². The molecule has 0 saturated heterocycles. The maximum Gasteiger partial charge on any atom is 0.257 e. The second-order valence-corrected chi connectivity index (χ2v) is 8.69. The van der Waals surface area contributed by atoms with Crippen molar-refractivity contribution >= 4 is 45.6 Å². The summed E-state index contributed by atoms with van der Waals surface area (Å²) in [4.78, 5) is 41.4. The van der Waals surface area contributed by atoms with E-state index in [1.807, 2.05) is 6.92 Å². The van der Waals surface area contributed by atoms with Crippen LogP contribution in [-0.4, -0.2) is 22.7 Å². The lowest BCUT2D eigenvalue weighted by molar-refractivity contribution is -0.115. The molecule has 0 aliphatic heterocycles. The van der Waals surface area contributed by atoms with Crippen LogP contribution in [0.4, 0.5) is 16.5 Å². The number of benzene rings is 2. The summed E-state index contributed by atoms with van der Waals surface area (Å²) in [5.41, 5.74) is 4.23. The fourth-order valence-electron chi connectivity index (χ4n) is 3.31. The molecule has 3 aromatic rings. The Morgan fingerprint density at radius 1 is 0.906 bits per heavy atom. The van der Waals surface area contributed by atoms with E-state index in [1.54, 1.807) is 18.2 Å². The molecule has 3 rings (SSSR count). The highest BCUT2D eigenvalue weighted by Crippen LogP contribution is 2.31. The zero-order chi connectivity index (χ0) is 23.3. The van der Waals surface area contributed by atoms with E-state index in [1.165, 1.54) is 30.7 Å². The number of thiazole rings is 1. The van der Waals surface area contributed by atoms with Crippen LogP contribution in [0, 0.1) is 6.92 Å². The van der Waals surface area contributed by atoms with Gasteiger partial charge in [0.05, 0.1) is 5.69 Å². The minimum absolute atomic E-state index is 0.276. The highest BCUT2D eigenvalue weighted by Gasteiger charge is 2.15. The van der Waals surface area contributed by atoms with Gasteiger partial charge < -0.3 is 10.6 Å². The van der Waals surface area contributed by atoms with Crippen molar-refractivity contribution in [1.82, 2.24) is 4.98 Å². The van der Waals surface area contributed by atoms with E-state index in [2.05, 4.69) is 52.1 Å². The van der Waals surface area contributed by atoms with Gasteiger partial charge in [-0.25, -0.2) is 4.98 Å².